The minimum absolute atomic E-state index is 0.0489. The van der Waals surface area contributed by atoms with Crippen molar-refractivity contribution in [3.63, 3.8) is 0 Å². The second kappa shape index (κ2) is 2.60. The molecular weight excluding hydrogens is 164 g/mol. The molecule has 1 aromatic rings. The average Bonchev–Trinajstić information content (AvgIpc) is 2.43. The SMILES string of the molecule is CN1Cc2cccc(C#N)c2C1=O. The first-order chi connectivity index (χ1) is 6.24. The molecule has 0 atom stereocenters. The van der Waals surface area contributed by atoms with Crippen LogP contribution in [0.5, 0.6) is 0 Å². The number of hydrogen-bond donors (Lipinski definition) is 0. The lowest BCUT2D eigenvalue weighted by atomic mass is 10.0. The van der Waals surface area contributed by atoms with Gasteiger partial charge in [-0.05, 0) is 11.6 Å². The van der Waals surface area contributed by atoms with Crippen LogP contribution in [0.15, 0.2) is 18.2 Å². The Balaban J connectivity index is 2.66. The van der Waals surface area contributed by atoms with Crippen molar-refractivity contribution in [1.29, 1.82) is 5.26 Å². The van der Waals surface area contributed by atoms with Crippen LogP contribution in [0, 0.1) is 11.3 Å². The zero-order chi connectivity index (χ0) is 9.42. The van der Waals surface area contributed by atoms with Gasteiger partial charge in [-0.25, -0.2) is 0 Å². The summed E-state index contributed by atoms with van der Waals surface area (Å²) in [5.74, 6) is -0.0489. The third kappa shape index (κ3) is 0.994. The smallest absolute Gasteiger partial charge is 0.255 e. The zero-order valence-corrected chi connectivity index (χ0v) is 7.24. The van der Waals surface area contributed by atoms with Gasteiger partial charge in [0, 0.05) is 13.6 Å². The van der Waals surface area contributed by atoms with Crippen molar-refractivity contribution in [2.24, 2.45) is 0 Å². The monoisotopic (exact) mass is 172 g/mol. The predicted octanol–water partition coefficient (Wildman–Crippen LogP) is 1.14. The number of nitrogens with zero attached hydrogens (tertiary/aromatic N) is 2. The van der Waals surface area contributed by atoms with E-state index in [0.29, 0.717) is 17.7 Å². The van der Waals surface area contributed by atoms with Crippen molar-refractivity contribution < 1.29 is 4.79 Å². The van der Waals surface area contributed by atoms with Crippen LogP contribution < -0.4 is 0 Å². The zero-order valence-electron chi connectivity index (χ0n) is 7.24. The molecule has 0 spiro atoms. The molecule has 0 N–H and O–H groups in total. The fourth-order valence-corrected chi connectivity index (χ4v) is 1.60. The van der Waals surface area contributed by atoms with Gasteiger partial charge < -0.3 is 4.90 Å². The minimum atomic E-state index is -0.0489. The first kappa shape index (κ1) is 7.81. The van der Waals surface area contributed by atoms with Gasteiger partial charge in [-0.3, -0.25) is 4.79 Å². The Kier molecular flexibility index (Phi) is 1.56. The Bertz CT molecular complexity index is 417. The Morgan fingerprint density at radius 3 is 3.00 bits per heavy atom. The molecule has 0 aliphatic carbocycles. The molecule has 0 saturated carbocycles. The van der Waals surface area contributed by atoms with E-state index in [1.807, 2.05) is 18.2 Å². The highest BCUT2D eigenvalue weighted by Gasteiger charge is 2.26. The van der Waals surface area contributed by atoms with Gasteiger partial charge in [-0.1, -0.05) is 12.1 Å². The maximum atomic E-state index is 11.6. The van der Waals surface area contributed by atoms with Crippen molar-refractivity contribution in [2.45, 2.75) is 6.54 Å². The second-order valence-electron chi connectivity index (χ2n) is 3.11. The van der Waals surface area contributed by atoms with Crippen molar-refractivity contribution in [3.05, 3.63) is 34.9 Å². The molecule has 2 rings (SSSR count). The molecule has 13 heavy (non-hydrogen) atoms. The third-order valence-electron chi connectivity index (χ3n) is 2.24. The molecule has 0 saturated heterocycles. The van der Waals surface area contributed by atoms with E-state index in [4.69, 9.17) is 5.26 Å². The highest BCUT2D eigenvalue weighted by atomic mass is 16.2. The molecule has 0 bridgehead atoms. The Labute approximate surface area is 76.2 Å². The first-order valence-corrected chi connectivity index (χ1v) is 4.01. The minimum Gasteiger partial charge on any atom is -0.337 e. The standard InChI is InChI=1S/C10H8N2O/c1-12-6-8-4-2-3-7(5-11)9(8)10(12)13/h2-4H,6H2,1H3. The van der Waals surface area contributed by atoms with Gasteiger partial charge in [-0.15, -0.1) is 0 Å². The molecule has 0 radical (unpaired) electrons. The molecule has 1 aliphatic heterocycles. The fraction of sp³-hybridized carbons (Fsp3) is 0.200. The predicted molar refractivity (Wildman–Crippen MR) is 47.0 cm³/mol. The molecule has 1 heterocycles. The van der Waals surface area contributed by atoms with E-state index < -0.39 is 0 Å². The van der Waals surface area contributed by atoms with Crippen LogP contribution in [0.2, 0.25) is 0 Å². The van der Waals surface area contributed by atoms with Crippen molar-refractivity contribution >= 4 is 5.91 Å². The van der Waals surface area contributed by atoms with Crippen LogP contribution in [0.4, 0.5) is 0 Å². The summed E-state index contributed by atoms with van der Waals surface area (Å²) in [6.45, 7) is 0.615. The number of carbonyl (C=O) groups excluding carboxylic acids is 1. The summed E-state index contributed by atoms with van der Waals surface area (Å²) in [5.41, 5.74) is 2.01. The van der Waals surface area contributed by atoms with Crippen LogP contribution in [-0.4, -0.2) is 17.9 Å². The van der Waals surface area contributed by atoms with Gasteiger partial charge in [0.25, 0.3) is 5.91 Å². The number of fused-ring (bicyclic) bond motifs is 1. The summed E-state index contributed by atoms with van der Waals surface area (Å²) >= 11 is 0. The topological polar surface area (TPSA) is 44.1 Å². The van der Waals surface area contributed by atoms with Gasteiger partial charge in [0.15, 0.2) is 0 Å². The summed E-state index contributed by atoms with van der Waals surface area (Å²) < 4.78 is 0. The van der Waals surface area contributed by atoms with Crippen LogP contribution in [-0.2, 0) is 6.54 Å². The molecular formula is C10H8N2O. The number of rotatable bonds is 0. The fourth-order valence-electron chi connectivity index (χ4n) is 1.60. The van der Waals surface area contributed by atoms with Gasteiger partial charge in [0.05, 0.1) is 17.2 Å². The van der Waals surface area contributed by atoms with E-state index in [9.17, 15) is 4.79 Å². The maximum absolute atomic E-state index is 11.6. The summed E-state index contributed by atoms with van der Waals surface area (Å²) in [7, 11) is 1.74. The van der Waals surface area contributed by atoms with E-state index in [1.54, 1.807) is 18.0 Å². The number of nitriles is 1. The summed E-state index contributed by atoms with van der Waals surface area (Å²) in [6.07, 6.45) is 0. The average molecular weight is 172 g/mol. The molecule has 0 aromatic heterocycles. The van der Waals surface area contributed by atoms with Crippen LogP contribution in [0.1, 0.15) is 21.5 Å². The van der Waals surface area contributed by atoms with Crippen LogP contribution >= 0.6 is 0 Å². The van der Waals surface area contributed by atoms with Gasteiger partial charge in [0.1, 0.15) is 0 Å². The largest absolute Gasteiger partial charge is 0.337 e. The van der Waals surface area contributed by atoms with Crippen LogP contribution in [0.25, 0.3) is 0 Å². The summed E-state index contributed by atoms with van der Waals surface area (Å²) in [4.78, 5) is 13.2. The lowest BCUT2D eigenvalue weighted by Gasteiger charge is -2.04. The number of carbonyl (C=O) groups is 1. The lowest BCUT2D eigenvalue weighted by molar-refractivity contribution is 0.0816. The van der Waals surface area contributed by atoms with Gasteiger partial charge in [0.2, 0.25) is 0 Å². The number of hydrogen-bond acceptors (Lipinski definition) is 2. The molecule has 3 nitrogen and oxygen atoms in total. The Hall–Kier alpha value is -1.82. The third-order valence-corrected chi connectivity index (χ3v) is 2.24. The first-order valence-electron chi connectivity index (χ1n) is 4.01. The molecule has 64 valence electrons. The van der Waals surface area contributed by atoms with E-state index in [0.717, 1.165) is 5.56 Å². The molecule has 1 aromatic carbocycles. The molecule has 1 amide bonds. The van der Waals surface area contributed by atoms with Crippen molar-refractivity contribution in [3.8, 4) is 6.07 Å². The van der Waals surface area contributed by atoms with E-state index >= 15 is 0 Å². The highest BCUT2D eigenvalue weighted by Crippen LogP contribution is 2.23. The van der Waals surface area contributed by atoms with Gasteiger partial charge in [-0.2, -0.15) is 5.26 Å². The maximum Gasteiger partial charge on any atom is 0.255 e. The lowest BCUT2D eigenvalue weighted by Crippen LogP contribution is -2.18. The summed E-state index contributed by atoms with van der Waals surface area (Å²) in [5, 5.41) is 8.79. The van der Waals surface area contributed by atoms with Gasteiger partial charge >= 0.3 is 0 Å². The summed E-state index contributed by atoms with van der Waals surface area (Å²) in [6, 6.07) is 7.40. The van der Waals surface area contributed by atoms with E-state index in [2.05, 4.69) is 0 Å². The van der Waals surface area contributed by atoms with Crippen molar-refractivity contribution in [2.75, 3.05) is 7.05 Å². The second-order valence-corrected chi connectivity index (χ2v) is 3.11. The molecule has 3 heteroatoms. The Morgan fingerprint density at radius 1 is 1.54 bits per heavy atom. The number of amides is 1. The highest BCUT2D eigenvalue weighted by molar-refractivity contribution is 6.00. The Morgan fingerprint density at radius 2 is 2.31 bits per heavy atom. The van der Waals surface area contributed by atoms with E-state index in [-0.39, 0.29) is 5.91 Å². The van der Waals surface area contributed by atoms with Crippen LogP contribution in [0.3, 0.4) is 0 Å². The quantitative estimate of drug-likeness (QED) is 0.589. The molecule has 0 fully saturated rings. The molecule has 0 unspecified atom stereocenters. The normalized spacial score (nSPS) is 14.2. The van der Waals surface area contributed by atoms with E-state index in [1.165, 1.54) is 0 Å². The molecule has 1 aliphatic rings. The number of benzene rings is 1. The van der Waals surface area contributed by atoms with Crippen molar-refractivity contribution in [1.82, 2.24) is 4.90 Å².